The molecule has 0 radical (unpaired) electrons. The Labute approximate surface area is 145 Å². The Kier molecular flexibility index (Phi) is 4.38. The van der Waals surface area contributed by atoms with Crippen LogP contribution in [0.5, 0.6) is 0 Å². The summed E-state index contributed by atoms with van der Waals surface area (Å²) < 4.78 is 5.44. The van der Waals surface area contributed by atoms with Crippen molar-refractivity contribution in [3.8, 4) is 0 Å². The maximum atomic E-state index is 10.4. The summed E-state index contributed by atoms with van der Waals surface area (Å²) in [5, 5.41) is 19.6. The lowest BCUT2D eigenvalue weighted by Gasteiger charge is -2.25. The Morgan fingerprint density at radius 1 is 1.38 bits per heavy atom. The van der Waals surface area contributed by atoms with Crippen molar-refractivity contribution < 1.29 is 9.52 Å². The zero-order chi connectivity index (χ0) is 16.7. The molecule has 7 nitrogen and oxygen atoms in total. The molecule has 130 valence electrons. The summed E-state index contributed by atoms with van der Waals surface area (Å²) in [5.41, 5.74) is 0. The number of thiazole rings is 1. The van der Waals surface area contributed by atoms with Crippen LogP contribution in [0.3, 0.4) is 0 Å². The van der Waals surface area contributed by atoms with Crippen molar-refractivity contribution in [3.05, 3.63) is 27.9 Å². The number of rotatable bonds is 6. The monoisotopic (exact) mass is 349 g/mol. The summed E-state index contributed by atoms with van der Waals surface area (Å²) in [6, 6.07) is 0.0769. The van der Waals surface area contributed by atoms with E-state index in [9.17, 15) is 5.11 Å². The summed E-state index contributed by atoms with van der Waals surface area (Å²) in [6.45, 7) is 4.73. The number of β-amino-alcohol motifs (C(OH)–C–C–N with tert-alkyl or cyclic N) is 1. The van der Waals surface area contributed by atoms with E-state index in [1.807, 2.05) is 24.6 Å². The van der Waals surface area contributed by atoms with Crippen molar-refractivity contribution in [1.29, 1.82) is 0 Å². The molecule has 8 heteroatoms. The van der Waals surface area contributed by atoms with Crippen LogP contribution < -0.4 is 0 Å². The second kappa shape index (κ2) is 6.51. The first-order valence-corrected chi connectivity index (χ1v) is 9.24. The van der Waals surface area contributed by atoms with Crippen LogP contribution in [0.2, 0.25) is 0 Å². The fraction of sp³-hybridized carbons (Fsp3) is 0.688. The first kappa shape index (κ1) is 16.1. The molecule has 24 heavy (non-hydrogen) atoms. The lowest BCUT2D eigenvalue weighted by Crippen LogP contribution is -2.40. The average Bonchev–Trinajstić information content (AvgIpc) is 2.97. The third-order valence-corrected chi connectivity index (χ3v) is 5.88. The van der Waals surface area contributed by atoms with Crippen LogP contribution in [0.4, 0.5) is 0 Å². The summed E-state index contributed by atoms with van der Waals surface area (Å²) in [7, 11) is 1.99. The highest BCUT2D eigenvalue weighted by atomic mass is 32.1. The molecule has 1 aliphatic carbocycles. The first-order chi connectivity index (χ1) is 11.6. The van der Waals surface area contributed by atoms with Gasteiger partial charge in [-0.3, -0.25) is 9.80 Å². The van der Waals surface area contributed by atoms with Crippen LogP contribution in [0.1, 0.15) is 40.4 Å². The number of aliphatic hydroxyl groups is 1. The van der Waals surface area contributed by atoms with Gasteiger partial charge in [0.25, 0.3) is 0 Å². The van der Waals surface area contributed by atoms with E-state index >= 15 is 0 Å². The zero-order valence-electron chi connectivity index (χ0n) is 14.1. The van der Waals surface area contributed by atoms with Gasteiger partial charge in [-0.25, -0.2) is 4.98 Å². The van der Waals surface area contributed by atoms with Crippen LogP contribution in [-0.2, 0) is 13.1 Å². The Morgan fingerprint density at radius 3 is 2.92 bits per heavy atom. The van der Waals surface area contributed by atoms with E-state index in [0.717, 1.165) is 13.1 Å². The SMILES string of the molecule is Cc1nnc(CN(C)[C@@H]2CN(Cc3cnc(C4CC4)s3)C[C@H]2O)o1. The molecule has 0 aromatic carbocycles. The number of hydrogen-bond acceptors (Lipinski definition) is 8. The van der Waals surface area contributed by atoms with Gasteiger partial charge in [-0.15, -0.1) is 21.5 Å². The van der Waals surface area contributed by atoms with Crippen molar-refractivity contribution in [3.63, 3.8) is 0 Å². The predicted molar refractivity (Wildman–Crippen MR) is 89.7 cm³/mol. The smallest absolute Gasteiger partial charge is 0.230 e. The van der Waals surface area contributed by atoms with Gasteiger partial charge in [0, 0.05) is 49.6 Å². The van der Waals surface area contributed by atoms with E-state index in [2.05, 4.69) is 25.0 Å². The minimum absolute atomic E-state index is 0.0769. The summed E-state index contributed by atoms with van der Waals surface area (Å²) in [5.74, 6) is 1.88. The number of nitrogens with zero attached hydrogens (tertiary/aromatic N) is 5. The molecule has 2 atom stereocenters. The van der Waals surface area contributed by atoms with Crippen LogP contribution in [0.25, 0.3) is 0 Å². The molecule has 2 aliphatic rings. The molecule has 0 amide bonds. The highest BCUT2D eigenvalue weighted by Gasteiger charge is 2.35. The van der Waals surface area contributed by atoms with Gasteiger partial charge in [0.2, 0.25) is 11.8 Å². The van der Waals surface area contributed by atoms with Gasteiger partial charge in [0.15, 0.2) is 0 Å². The number of aromatic nitrogens is 3. The van der Waals surface area contributed by atoms with Crippen molar-refractivity contribution in [2.45, 2.75) is 50.9 Å². The average molecular weight is 349 g/mol. The maximum absolute atomic E-state index is 10.4. The number of hydrogen-bond donors (Lipinski definition) is 1. The highest BCUT2D eigenvalue weighted by molar-refractivity contribution is 7.11. The van der Waals surface area contributed by atoms with Gasteiger partial charge in [-0.1, -0.05) is 0 Å². The molecule has 3 heterocycles. The van der Waals surface area contributed by atoms with Gasteiger partial charge in [0.1, 0.15) is 0 Å². The topological polar surface area (TPSA) is 78.5 Å². The fourth-order valence-corrected chi connectivity index (χ4v) is 4.41. The van der Waals surface area contributed by atoms with Crippen molar-refractivity contribution >= 4 is 11.3 Å². The molecular formula is C16H23N5O2S. The Bertz CT molecular complexity index is 698. The second-order valence-corrected chi connectivity index (χ2v) is 8.04. The molecule has 0 bridgehead atoms. The Morgan fingerprint density at radius 2 is 2.21 bits per heavy atom. The standard InChI is InChI=1S/C16H23N5O2S/c1-10-18-19-15(23-10)9-20(2)13-7-21(8-14(13)22)6-12-5-17-16(24-12)11-3-4-11/h5,11,13-14,22H,3-4,6-9H2,1-2H3/t13-,14-/m1/s1. The zero-order valence-corrected chi connectivity index (χ0v) is 14.9. The molecule has 0 unspecified atom stereocenters. The Hall–Kier alpha value is -1.35. The van der Waals surface area contributed by atoms with E-state index in [4.69, 9.17) is 4.42 Å². The number of aryl methyl sites for hydroxylation is 1. The van der Waals surface area contributed by atoms with Gasteiger partial charge in [-0.2, -0.15) is 0 Å². The van der Waals surface area contributed by atoms with Crippen LogP contribution in [0, 0.1) is 6.92 Å². The molecule has 1 saturated heterocycles. The fourth-order valence-electron chi connectivity index (χ4n) is 3.28. The highest BCUT2D eigenvalue weighted by Crippen LogP contribution is 2.42. The van der Waals surface area contributed by atoms with E-state index in [1.165, 1.54) is 22.7 Å². The van der Waals surface area contributed by atoms with Gasteiger partial charge in [-0.05, 0) is 19.9 Å². The molecule has 2 aromatic heterocycles. The third kappa shape index (κ3) is 3.51. The molecule has 4 rings (SSSR count). The second-order valence-electron chi connectivity index (χ2n) is 6.90. The summed E-state index contributed by atoms with van der Waals surface area (Å²) in [4.78, 5) is 10.2. The number of aliphatic hydroxyl groups excluding tert-OH is 1. The number of likely N-dealkylation sites (tertiary alicyclic amines) is 1. The molecule has 2 aromatic rings. The van der Waals surface area contributed by atoms with E-state index in [-0.39, 0.29) is 12.1 Å². The van der Waals surface area contributed by atoms with E-state index < -0.39 is 0 Å². The molecular weight excluding hydrogens is 326 g/mol. The molecule has 1 aliphatic heterocycles. The first-order valence-electron chi connectivity index (χ1n) is 8.42. The number of likely N-dealkylation sites (N-methyl/N-ethyl adjacent to an activating group) is 1. The van der Waals surface area contributed by atoms with Crippen LogP contribution in [-0.4, -0.2) is 62.4 Å². The Balaban J connectivity index is 1.34. The van der Waals surface area contributed by atoms with Crippen LogP contribution >= 0.6 is 11.3 Å². The van der Waals surface area contributed by atoms with Gasteiger partial charge in [0.05, 0.1) is 17.7 Å². The predicted octanol–water partition coefficient (Wildman–Crippen LogP) is 1.39. The quantitative estimate of drug-likeness (QED) is 0.844. The third-order valence-electron chi connectivity index (χ3n) is 4.73. The summed E-state index contributed by atoms with van der Waals surface area (Å²) >= 11 is 1.83. The van der Waals surface area contributed by atoms with Crippen LogP contribution in [0.15, 0.2) is 10.6 Å². The molecule has 0 spiro atoms. The lowest BCUT2D eigenvalue weighted by molar-refractivity contribution is 0.0899. The van der Waals surface area contributed by atoms with Crippen molar-refractivity contribution in [1.82, 2.24) is 25.0 Å². The molecule has 2 fully saturated rings. The van der Waals surface area contributed by atoms with E-state index in [1.54, 1.807) is 6.92 Å². The maximum Gasteiger partial charge on any atom is 0.230 e. The van der Waals surface area contributed by atoms with Crippen molar-refractivity contribution in [2.24, 2.45) is 0 Å². The minimum Gasteiger partial charge on any atom is -0.424 e. The summed E-state index contributed by atoms with van der Waals surface area (Å²) in [6.07, 6.45) is 4.22. The van der Waals surface area contributed by atoms with Gasteiger partial charge < -0.3 is 9.52 Å². The van der Waals surface area contributed by atoms with Gasteiger partial charge >= 0.3 is 0 Å². The normalized spacial score (nSPS) is 25.0. The van der Waals surface area contributed by atoms with E-state index in [0.29, 0.717) is 30.8 Å². The largest absolute Gasteiger partial charge is 0.424 e. The minimum atomic E-state index is -0.366. The molecule has 1 N–H and O–H groups in total. The lowest BCUT2D eigenvalue weighted by atomic mass is 10.2. The molecule has 1 saturated carbocycles. The van der Waals surface area contributed by atoms with Crippen molar-refractivity contribution in [2.75, 3.05) is 20.1 Å².